The third kappa shape index (κ3) is 4.19. The smallest absolute Gasteiger partial charge is 0.253 e. The van der Waals surface area contributed by atoms with Crippen molar-refractivity contribution in [3.8, 4) is 5.75 Å². The van der Waals surface area contributed by atoms with Gasteiger partial charge in [0.25, 0.3) is 5.91 Å². The lowest BCUT2D eigenvalue weighted by atomic mass is 9.61. The van der Waals surface area contributed by atoms with Gasteiger partial charge in [-0.15, -0.1) is 0 Å². The van der Waals surface area contributed by atoms with Crippen LogP contribution in [0.1, 0.15) is 39.1 Å². The van der Waals surface area contributed by atoms with E-state index in [-0.39, 0.29) is 35.4 Å². The highest BCUT2D eigenvalue weighted by atomic mass is 16.3. The van der Waals surface area contributed by atoms with Crippen LogP contribution in [0.4, 0.5) is 0 Å². The predicted molar refractivity (Wildman–Crippen MR) is 124 cm³/mol. The second kappa shape index (κ2) is 9.40. The van der Waals surface area contributed by atoms with E-state index in [1.165, 1.54) is 17.0 Å². The topological polar surface area (TPSA) is 182 Å². The molecule has 0 spiro atoms. The average molecular weight is 490 g/mol. The van der Waals surface area contributed by atoms with Crippen LogP contribution < -0.4 is 5.73 Å². The number of benzene rings is 1. The molecule has 0 aromatic heterocycles. The molecule has 0 radical (unpaired) electrons. The Hall–Kier alpha value is -3.28. The number of rotatable bonds is 7. The summed E-state index contributed by atoms with van der Waals surface area (Å²) in [5.74, 6) is -6.51. The van der Waals surface area contributed by atoms with Crippen molar-refractivity contribution < 1.29 is 39.6 Å². The third-order valence-corrected chi connectivity index (χ3v) is 7.02. The minimum absolute atomic E-state index is 0.0275. The number of Topliss-reactive ketones (excluding diaryl/α,β-unsaturated/α-hetero) is 2. The molecule has 2 unspecified atom stereocenters. The van der Waals surface area contributed by atoms with E-state index in [0.29, 0.717) is 5.56 Å². The minimum Gasteiger partial charge on any atom is -0.508 e. The first-order valence-corrected chi connectivity index (χ1v) is 11.1. The Balaban J connectivity index is 2.27. The number of fused-ring (bicyclic) bond motifs is 2. The second-order valence-corrected chi connectivity index (χ2v) is 9.57. The van der Waals surface area contributed by atoms with Crippen LogP contribution in [0.25, 0.3) is 0 Å². The van der Waals surface area contributed by atoms with Crippen LogP contribution in [0.3, 0.4) is 0 Å². The molecule has 0 fully saturated rings. The summed E-state index contributed by atoms with van der Waals surface area (Å²) in [6.45, 7) is -0.491. The van der Waals surface area contributed by atoms with Gasteiger partial charge in [-0.2, -0.15) is 0 Å². The highest BCUT2D eigenvalue weighted by molar-refractivity contribution is 6.16. The summed E-state index contributed by atoms with van der Waals surface area (Å²) in [7, 11) is 6.33. The number of phenols is 1. The molecule has 0 aliphatic heterocycles. The summed E-state index contributed by atoms with van der Waals surface area (Å²) in [5.41, 5.74) is 2.55. The Labute approximate surface area is 202 Å². The van der Waals surface area contributed by atoms with E-state index < -0.39 is 65.5 Å². The van der Waals surface area contributed by atoms with Gasteiger partial charge in [-0.25, -0.2) is 0 Å². The number of carbonyl (C=O) groups is 4. The maximum absolute atomic E-state index is 13.6. The zero-order valence-corrected chi connectivity index (χ0v) is 20.1. The van der Waals surface area contributed by atoms with Crippen LogP contribution in [0, 0.1) is 11.8 Å². The fourth-order valence-corrected chi connectivity index (χ4v) is 5.29. The summed E-state index contributed by atoms with van der Waals surface area (Å²) in [5, 5.41) is 43.3. The number of primary amides is 1. The second-order valence-electron chi connectivity index (χ2n) is 9.57. The lowest BCUT2D eigenvalue weighted by Gasteiger charge is -2.47. The molecule has 0 heterocycles. The molecular weight excluding hydrogens is 458 g/mol. The van der Waals surface area contributed by atoms with Gasteiger partial charge in [0.15, 0.2) is 17.2 Å². The molecule has 2 aliphatic rings. The Kier molecular flexibility index (Phi) is 7.07. The van der Waals surface area contributed by atoms with E-state index in [9.17, 15) is 39.6 Å². The number of aliphatic hydroxyl groups excluding tert-OH is 2. The van der Waals surface area contributed by atoms with E-state index in [1.54, 1.807) is 33.1 Å². The van der Waals surface area contributed by atoms with E-state index >= 15 is 0 Å². The van der Waals surface area contributed by atoms with Gasteiger partial charge in [-0.3, -0.25) is 19.2 Å². The lowest BCUT2D eigenvalue weighted by Crippen LogP contribution is -2.60. The van der Waals surface area contributed by atoms with Crippen molar-refractivity contribution >= 4 is 23.4 Å². The number of nitrogens with two attached hydrogens (primary N) is 1. The summed E-state index contributed by atoms with van der Waals surface area (Å²) in [6, 6.07) is 1.79. The number of amides is 2. The van der Waals surface area contributed by atoms with Crippen LogP contribution in [-0.2, 0) is 16.0 Å². The van der Waals surface area contributed by atoms with Crippen molar-refractivity contribution in [1.29, 1.82) is 0 Å². The van der Waals surface area contributed by atoms with Gasteiger partial charge >= 0.3 is 0 Å². The van der Waals surface area contributed by atoms with E-state index in [2.05, 4.69) is 0 Å². The number of nitrogens with zero attached hydrogens (tertiary/aromatic N) is 2. The fourth-order valence-electron chi connectivity index (χ4n) is 5.29. The van der Waals surface area contributed by atoms with Crippen molar-refractivity contribution in [2.75, 3.05) is 34.8 Å². The fraction of sp³-hybridized carbons (Fsp3) is 0.500. The Bertz CT molecular complexity index is 1130. The summed E-state index contributed by atoms with van der Waals surface area (Å²) < 4.78 is 0. The molecule has 6 N–H and O–H groups in total. The van der Waals surface area contributed by atoms with Crippen molar-refractivity contribution in [3.63, 3.8) is 0 Å². The Morgan fingerprint density at radius 2 is 1.80 bits per heavy atom. The number of carbonyl (C=O) groups excluding carboxylic acids is 4. The Morgan fingerprint density at radius 3 is 2.31 bits per heavy atom. The molecule has 2 amide bonds. The third-order valence-electron chi connectivity index (χ3n) is 7.02. The molecule has 0 bridgehead atoms. The molecule has 4 atom stereocenters. The standard InChI is InChI=1S/C24H31N3O8/c1-26(2)15(10-28)14-8-11-7-13-12(23(34)27(3)4)5-6-16(29)20(13)21(32)19(11)22(33)24(14,35)17(30)9-18(25)31/h5-6,11,14-15,28-29,33,35H,7-10H2,1-4H3,(H2,25,31)/t11-,14-,15?,24?/m0/s1. The van der Waals surface area contributed by atoms with Gasteiger partial charge in [-0.05, 0) is 50.6 Å². The van der Waals surface area contributed by atoms with Gasteiger partial charge in [0, 0.05) is 37.2 Å². The molecular formula is C24H31N3O8. The van der Waals surface area contributed by atoms with Crippen LogP contribution in [0.5, 0.6) is 5.75 Å². The predicted octanol–water partition coefficient (Wildman–Crippen LogP) is -0.621. The van der Waals surface area contributed by atoms with Crippen molar-refractivity contribution in [2.24, 2.45) is 17.6 Å². The number of aromatic hydroxyl groups is 1. The minimum atomic E-state index is -2.67. The van der Waals surface area contributed by atoms with Crippen LogP contribution in [0.2, 0.25) is 0 Å². The molecule has 0 saturated heterocycles. The number of ketones is 2. The summed E-state index contributed by atoms with van der Waals surface area (Å²) >= 11 is 0. The van der Waals surface area contributed by atoms with E-state index in [4.69, 9.17) is 5.73 Å². The van der Waals surface area contributed by atoms with E-state index in [0.717, 1.165) is 0 Å². The molecule has 2 aliphatic carbocycles. The molecule has 11 nitrogen and oxygen atoms in total. The number of hydrogen-bond donors (Lipinski definition) is 5. The van der Waals surface area contributed by atoms with Gasteiger partial charge in [-0.1, -0.05) is 0 Å². The molecule has 0 saturated carbocycles. The summed E-state index contributed by atoms with van der Waals surface area (Å²) in [6.07, 6.45) is -0.857. The largest absolute Gasteiger partial charge is 0.508 e. The van der Waals surface area contributed by atoms with E-state index in [1.807, 2.05) is 0 Å². The first kappa shape index (κ1) is 26.3. The number of phenolic OH excluding ortho intramolecular Hbond substituents is 1. The molecule has 3 rings (SSSR count). The van der Waals surface area contributed by atoms with Gasteiger partial charge in [0.05, 0.1) is 18.6 Å². The van der Waals surface area contributed by atoms with Crippen LogP contribution in [0.15, 0.2) is 23.5 Å². The maximum Gasteiger partial charge on any atom is 0.253 e. The monoisotopic (exact) mass is 489 g/mol. The van der Waals surface area contributed by atoms with Crippen molar-refractivity contribution in [2.45, 2.75) is 30.9 Å². The maximum atomic E-state index is 13.6. The molecule has 1 aromatic rings. The molecule has 190 valence electrons. The van der Waals surface area contributed by atoms with Crippen LogP contribution in [-0.4, -0.2) is 100 Å². The first-order valence-electron chi connectivity index (χ1n) is 11.1. The summed E-state index contributed by atoms with van der Waals surface area (Å²) in [4.78, 5) is 53.8. The zero-order valence-electron chi connectivity index (χ0n) is 20.1. The molecule has 1 aromatic carbocycles. The number of likely N-dealkylation sites (N-methyl/N-ethyl adjacent to an activating group) is 1. The number of allylic oxidation sites excluding steroid dienone is 1. The normalized spacial score (nSPS) is 24.6. The molecule has 11 heteroatoms. The molecule has 35 heavy (non-hydrogen) atoms. The van der Waals surface area contributed by atoms with Crippen molar-refractivity contribution in [3.05, 3.63) is 40.2 Å². The lowest BCUT2D eigenvalue weighted by molar-refractivity contribution is -0.151. The number of hydrogen-bond acceptors (Lipinski definition) is 9. The number of aliphatic hydroxyl groups is 3. The van der Waals surface area contributed by atoms with Crippen LogP contribution >= 0.6 is 0 Å². The van der Waals surface area contributed by atoms with Gasteiger partial charge in [0.1, 0.15) is 11.5 Å². The van der Waals surface area contributed by atoms with Gasteiger partial charge < -0.3 is 36.0 Å². The average Bonchev–Trinajstić information content (AvgIpc) is 2.76. The SMILES string of the molecule is CN(C)C(=O)c1ccc(O)c2c1C[C@H]1C[C@@H](C(CO)N(C)C)C(O)(C(=O)CC(N)=O)C(O)=C1C2=O. The first-order chi connectivity index (χ1) is 16.3. The Morgan fingerprint density at radius 1 is 1.17 bits per heavy atom. The van der Waals surface area contributed by atoms with Gasteiger partial charge in [0.2, 0.25) is 5.91 Å². The highest BCUT2D eigenvalue weighted by Gasteiger charge is 2.58. The highest BCUT2D eigenvalue weighted by Crippen LogP contribution is 2.49. The zero-order chi connectivity index (χ0) is 26.4. The quantitative estimate of drug-likeness (QED) is 0.312. The van der Waals surface area contributed by atoms with Crippen molar-refractivity contribution in [1.82, 2.24) is 9.80 Å².